The van der Waals surface area contributed by atoms with E-state index in [1.807, 2.05) is 31.3 Å². The topological polar surface area (TPSA) is 36.4 Å². The summed E-state index contributed by atoms with van der Waals surface area (Å²) < 4.78 is 14.3. The van der Waals surface area contributed by atoms with Gasteiger partial charge in [-0.2, -0.15) is 0 Å². The molecule has 0 aromatic carbocycles. The minimum atomic E-state index is -0.980. The maximum absolute atomic E-state index is 12.6. The third-order valence-corrected chi connectivity index (χ3v) is 5.92. The highest BCUT2D eigenvalue weighted by Crippen LogP contribution is 2.48. The van der Waals surface area contributed by atoms with E-state index < -0.39 is 11.0 Å². The second-order valence-electron chi connectivity index (χ2n) is 4.92. The predicted octanol–water partition coefficient (Wildman–Crippen LogP) is 2.14. The van der Waals surface area contributed by atoms with Gasteiger partial charge in [-0.3, -0.25) is 4.31 Å². The minimum absolute atomic E-state index is 0.190. The highest BCUT2D eigenvalue weighted by Gasteiger charge is 2.50. The van der Waals surface area contributed by atoms with Crippen molar-refractivity contribution in [1.82, 2.24) is 9.88 Å². The Kier molecular flexibility index (Phi) is 4.26. The molecule has 1 saturated heterocycles. The normalized spacial score (nSPS) is 24.8. The van der Waals surface area contributed by atoms with Gasteiger partial charge in [-0.1, -0.05) is 19.9 Å². The van der Waals surface area contributed by atoms with E-state index in [4.69, 9.17) is 0 Å². The van der Waals surface area contributed by atoms with Crippen LogP contribution < -0.4 is 4.31 Å². The van der Waals surface area contributed by atoms with Crippen LogP contribution in [0.1, 0.15) is 32.3 Å². The van der Waals surface area contributed by atoms with Crippen LogP contribution >= 0.6 is 0 Å². The van der Waals surface area contributed by atoms with Crippen LogP contribution in [0.2, 0.25) is 0 Å². The zero-order valence-electron chi connectivity index (χ0n) is 12.2. The molecule has 5 heteroatoms. The minimum Gasteiger partial charge on any atom is -0.306 e. The van der Waals surface area contributed by atoms with Gasteiger partial charge >= 0.3 is 0 Å². The van der Waals surface area contributed by atoms with Crippen molar-refractivity contribution in [3.63, 3.8) is 0 Å². The lowest BCUT2D eigenvalue weighted by Gasteiger charge is -2.36. The van der Waals surface area contributed by atoms with Crippen LogP contribution in [-0.2, 0) is 15.7 Å². The van der Waals surface area contributed by atoms with Crippen molar-refractivity contribution in [2.45, 2.75) is 31.4 Å². The van der Waals surface area contributed by atoms with E-state index in [1.54, 1.807) is 6.20 Å². The van der Waals surface area contributed by atoms with Gasteiger partial charge in [-0.05, 0) is 39.0 Å². The highest BCUT2D eigenvalue weighted by molar-refractivity contribution is 7.87. The molecule has 1 unspecified atom stereocenters. The monoisotopic (exact) mass is 281 g/mol. The molecule has 0 saturated carbocycles. The predicted molar refractivity (Wildman–Crippen MR) is 80.5 cm³/mol. The Morgan fingerprint density at radius 3 is 2.53 bits per heavy atom. The molecule has 3 heterocycles. The molecule has 1 fully saturated rings. The largest absolute Gasteiger partial charge is 0.306 e. The quantitative estimate of drug-likeness (QED) is 0.731. The van der Waals surface area contributed by atoms with Crippen LogP contribution in [0, 0.1) is 0 Å². The van der Waals surface area contributed by atoms with Crippen LogP contribution in [0.4, 0.5) is 5.82 Å². The van der Waals surface area contributed by atoms with Crippen molar-refractivity contribution >= 4 is 16.8 Å². The number of hydrogen-bond donors (Lipinski definition) is 0. The number of pyridine rings is 1. The Morgan fingerprint density at radius 2 is 1.89 bits per heavy atom. The lowest BCUT2D eigenvalue weighted by molar-refractivity contribution is 0.238. The molecule has 1 aromatic rings. The molecule has 106 valence electrons. The summed E-state index contributed by atoms with van der Waals surface area (Å²) in [7, 11) is 3.03. The Hall–Kier alpha value is -0.940. The van der Waals surface area contributed by atoms with Crippen LogP contribution in [0.5, 0.6) is 0 Å². The molecular weight excluding hydrogens is 258 g/mol. The smallest absolute Gasteiger partial charge is 0.144 e. The number of anilines is 1. The molecule has 3 rings (SSSR count). The first-order chi connectivity index (χ1) is 9.15. The van der Waals surface area contributed by atoms with E-state index in [0.29, 0.717) is 0 Å². The van der Waals surface area contributed by atoms with Gasteiger partial charge in [0.05, 0.1) is 4.75 Å². The zero-order valence-corrected chi connectivity index (χ0v) is 13.0. The average Bonchev–Trinajstić information content (AvgIpc) is 2.68. The number of aromatic nitrogens is 1. The third-order valence-electron chi connectivity index (χ3n) is 3.95. The molecule has 1 aromatic heterocycles. The summed E-state index contributed by atoms with van der Waals surface area (Å²) in [6.45, 7) is 6.02. The van der Waals surface area contributed by atoms with Crippen molar-refractivity contribution in [2.24, 2.45) is 0 Å². The Balaban J connectivity index is 0.000000637. The number of fused-ring (bicyclic) bond motifs is 2. The van der Waals surface area contributed by atoms with Gasteiger partial charge in [0, 0.05) is 18.8 Å². The molecule has 0 bridgehead atoms. The summed E-state index contributed by atoms with van der Waals surface area (Å²) in [5.41, 5.74) is 1.17. The summed E-state index contributed by atoms with van der Waals surface area (Å²) >= 11 is 0. The van der Waals surface area contributed by atoms with Crippen molar-refractivity contribution < 1.29 is 4.21 Å². The number of piperidine rings is 1. The number of likely N-dealkylation sites (tertiary alicyclic amines) is 1. The second-order valence-corrected chi connectivity index (χ2v) is 6.75. The maximum atomic E-state index is 12.6. The first-order valence-corrected chi connectivity index (χ1v) is 8.05. The van der Waals surface area contributed by atoms with E-state index in [9.17, 15) is 4.21 Å². The fourth-order valence-electron chi connectivity index (χ4n) is 2.86. The summed E-state index contributed by atoms with van der Waals surface area (Å²) in [6, 6.07) is 4.05. The van der Waals surface area contributed by atoms with E-state index in [0.717, 1.165) is 31.7 Å². The van der Waals surface area contributed by atoms with Gasteiger partial charge in [0.1, 0.15) is 16.8 Å². The molecule has 0 N–H and O–H groups in total. The second kappa shape index (κ2) is 5.59. The zero-order chi connectivity index (χ0) is 14.0. The van der Waals surface area contributed by atoms with Crippen molar-refractivity contribution in [2.75, 3.05) is 31.5 Å². The Morgan fingerprint density at radius 1 is 1.26 bits per heavy atom. The van der Waals surface area contributed by atoms with Crippen molar-refractivity contribution in [1.29, 1.82) is 0 Å². The lowest BCUT2D eigenvalue weighted by Crippen LogP contribution is -2.43. The van der Waals surface area contributed by atoms with Gasteiger partial charge in [-0.15, -0.1) is 0 Å². The van der Waals surface area contributed by atoms with Crippen LogP contribution in [-0.4, -0.2) is 41.3 Å². The van der Waals surface area contributed by atoms with Gasteiger partial charge in [0.15, 0.2) is 0 Å². The molecule has 2 aliphatic heterocycles. The third kappa shape index (κ3) is 2.19. The summed E-state index contributed by atoms with van der Waals surface area (Å²) in [4.78, 5) is 6.68. The van der Waals surface area contributed by atoms with E-state index in [1.165, 1.54) is 5.56 Å². The Bertz CT molecular complexity index is 470. The summed E-state index contributed by atoms with van der Waals surface area (Å²) in [5.74, 6) is 0.899. The molecule has 0 aliphatic carbocycles. The van der Waals surface area contributed by atoms with E-state index in [-0.39, 0.29) is 4.75 Å². The lowest BCUT2D eigenvalue weighted by atomic mass is 9.89. The molecule has 19 heavy (non-hydrogen) atoms. The number of nitrogens with zero attached hydrogens (tertiary/aromatic N) is 3. The fraction of sp³-hybridized carbons (Fsp3) is 0.643. The van der Waals surface area contributed by atoms with Crippen LogP contribution in [0.15, 0.2) is 18.3 Å². The molecule has 0 amide bonds. The highest BCUT2D eigenvalue weighted by atomic mass is 32.2. The Labute approximate surface area is 118 Å². The summed E-state index contributed by atoms with van der Waals surface area (Å²) in [6.07, 6.45) is 3.69. The molecule has 0 radical (unpaired) electrons. The number of rotatable bonds is 0. The fourth-order valence-corrected chi connectivity index (χ4v) is 4.57. The first-order valence-electron chi connectivity index (χ1n) is 6.95. The molecule has 1 atom stereocenters. The molecule has 2 aliphatic rings. The maximum Gasteiger partial charge on any atom is 0.144 e. The van der Waals surface area contributed by atoms with Crippen molar-refractivity contribution in [3.8, 4) is 0 Å². The average molecular weight is 281 g/mol. The van der Waals surface area contributed by atoms with Gasteiger partial charge in [0.25, 0.3) is 0 Å². The van der Waals surface area contributed by atoms with E-state index in [2.05, 4.69) is 23.0 Å². The summed E-state index contributed by atoms with van der Waals surface area (Å²) in [5, 5.41) is 0. The van der Waals surface area contributed by atoms with Gasteiger partial charge < -0.3 is 4.90 Å². The molecule has 4 nitrogen and oxygen atoms in total. The van der Waals surface area contributed by atoms with Gasteiger partial charge in [0.2, 0.25) is 0 Å². The molecule has 1 spiro atoms. The van der Waals surface area contributed by atoms with Crippen molar-refractivity contribution in [3.05, 3.63) is 23.9 Å². The number of hydrogen-bond acceptors (Lipinski definition) is 3. The van der Waals surface area contributed by atoms with Gasteiger partial charge in [-0.25, -0.2) is 9.19 Å². The standard InChI is InChI=1S/C12H17N3OS.C2H6/c1-14-8-5-12(6-9-14)10-4-3-7-13-11(10)15(2)17(12)16;1-2/h3-4,7H,5-6,8-9H2,1-2H3;1-2H3. The van der Waals surface area contributed by atoms with E-state index >= 15 is 0 Å². The first kappa shape index (κ1) is 14.5. The van der Waals surface area contributed by atoms with Crippen LogP contribution in [0.3, 0.4) is 0 Å². The molecular formula is C14H23N3OS. The van der Waals surface area contributed by atoms with Crippen LogP contribution in [0.25, 0.3) is 0 Å². The SMILES string of the molecule is CC.CN1CCC2(CC1)c1cccnc1N(C)S2=O.